The molecular weight excluding hydrogens is 302 g/mol. The summed E-state index contributed by atoms with van der Waals surface area (Å²) in [6.07, 6.45) is -0.584. The summed E-state index contributed by atoms with van der Waals surface area (Å²) in [5.74, 6) is -1.24. The second kappa shape index (κ2) is 4.86. The van der Waals surface area contributed by atoms with Crippen molar-refractivity contribution in [2.24, 2.45) is 0 Å². The van der Waals surface area contributed by atoms with E-state index in [0.717, 1.165) is 6.07 Å². The van der Waals surface area contributed by atoms with Gasteiger partial charge in [-0.05, 0) is 24.6 Å². The summed E-state index contributed by atoms with van der Waals surface area (Å²) in [6, 6.07) is 2.18. The van der Waals surface area contributed by atoms with Crippen molar-refractivity contribution in [3.8, 4) is 0 Å². The number of nitrogens with two attached hydrogens (primary N) is 1. The van der Waals surface area contributed by atoms with Crippen molar-refractivity contribution in [3.63, 3.8) is 0 Å². The Kier molecular flexibility index (Phi) is 3.47. The van der Waals surface area contributed by atoms with Crippen LogP contribution in [0, 0.1) is 6.92 Å². The molecule has 112 valence electrons. The minimum Gasteiger partial charge on any atom is -0.481 e. The lowest BCUT2D eigenvalue weighted by atomic mass is 10.0. The fourth-order valence-electron chi connectivity index (χ4n) is 2.10. The first kappa shape index (κ1) is 15.0. The molecule has 0 saturated carbocycles. The van der Waals surface area contributed by atoms with E-state index in [1.165, 1.54) is 13.0 Å². The normalized spacial score (nSPS) is 11.7. The molecule has 0 radical (unpaired) electrons. The van der Waals surface area contributed by atoms with E-state index < -0.39 is 33.0 Å². The Labute approximate surface area is 118 Å². The molecule has 8 nitrogen and oxygen atoms in total. The van der Waals surface area contributed by atoms with Crippen LogP contribution >= 0.6 is 0 Å². The van der Waals surface area contributed by atoms with Gasteiger partial charge in [-0.3, -0.25) is 9.35 Å². The van der Waals surface area contributed by atoms with Gasteiger partial charge in [-0.25, -0.2) is 4.79 Å². The van der Waals surface area contributed by atoms with Crippen molar-refractivity contribution >= 4 is 32.7 Å². The maximum Gasteiger partial charge on any atom is 0.340 e. The van der Waals surface area contributed by atoms with Crippen LogP contribution in [-0.2, 0) is 21.3 Å². The Morgan fingerprint density at radius 2 is 2.00 bits per heavy atom. The van der Waals surface area contributed by atoms with Gasteiger partial charge < -0.3 is 15.3 Å². The van der Waals surface area contributed by atoms with Crippen molar-refractivity contribution in [2.45, 2.75) is 18.2 Å². The molecule has 0 spiro atoms. The zero-order chi connectivity index (χ0) is 15.9. The average Bonchev–Trinajstić information content (AvgIpc) is 2.32. The molecule has 4 N–H and O–H groups in total. The Hall–Kier alpha value is -2.39. The predicted octanol–water partition coefficient (Wildman–Crippen LogP) is 0.557. The molecule has 0 atom stereocenters. The van der Waals surface area contributed by atoms with Gasteiger partial charge in [0.25, 0.3) is 10.1 Å². The van der Waals surface area contributed by atoms with Gasteiger partial charge in [0.05, 0.1) is 17.7 Å². The highest BCUT2D eigenvalue weighted by Crippen LogP contribution is 2.31. The van der Waals surface area contributed by atoms with Crippen LogP contribution in [0.4, 0.5) is 5.69 Å². The first-order chi connectivity index (χ1) is 9.62. The Morgan fingerprint density at radius 3 is 2.52 bits per heavy atom. The lowest BCUT2D eigenvalue weighted by Gasteiger charge is -2.10. The third kappa shape index (κ3) is 2.60. The number of anilines is 1. The van der Waals surface area contributed by atoms with Crippen LogP contribution < -0.4 is 11.4 Å². The maximum absolute atomic E-state index is 11.7. The molecule has 9 heteroatoms. The zero-order valence-corrected chi connectivity index (χ0v) is 11.6. The van der Waals surface area contributed by atoms with Crippen LogP contribution in [0.2, 0.25) is 0 Å². The van der Waals surface area contributed by atoms with Crippen LogP contribution in [0.1, 0.15) is 11.1 Å². The third-order valence-electron chi connectivity index (χ3n) is 3.05. The van der Waals surface area contributed by atoms with E-state index in [9.17, 15) is 18.0 Å². The Morgan fingerprint density at radius 1 is 1.38 bits per heavy atom. The molecule has 2 rings (SSSR count). The van der Waals surface area contributed by atoms with Crippen LogP contribution in [-0.4, -0.2) is 24.0 Å². The molecule has 0 aliphatic heterocycles. The van der Waals surface area contributed by atoms with Gasteiger partial charge in [0.15, 0.2) is 0 Å². The standard InChI is InChI=1S/C12H11NO7S/c1-5-6(4-9(14)15)12(16)20-7-2-3-8(21(17,18)19)11(13)10(5)7/h2-3H,4,13H2,1H3,(H,14,15)(H,17,18,19). The quantitative estimate of drug-likeness (QED) is 0.423. The van der Waals surface area contributed by atoms with E-state index in [1.807, 2.05) is 0 Å². The number of carboxylic acids is 1. The van der Waals surface area contributed by atoms with Gasteiger partial charge >= 0.3 is 11.6 Å². The van der Waals surface area contributed by atoms with E-state index in [4.69, 9.17) is 19.8 Å². The molecular formula is C12H11NO7S. The number of aryl methyl sites for hydroxylation is 1. The second-order valence-electron chi connectivity index (χ2n) is 4.39. The Bertz CT molecular complexity index is 911. The smallest absolute Gasteiger partial charge is 0.340 e. The van der Waals surface area contributed by atoms with Gasteiger partial charge in [-0.15, -0.1) is 0 Å². The molecule has 0 amide bonds. The highest BCUT2D eigenvalue weighted by atomic mass is 32.2. The molecule has 1 heterocycles. The molecule has 0 aliphatic rings. The van der Waals surface area contributed by atoms with Gasteiger partial charge in [-0.2, -0.15) is 8.42 Å². The number of nitrogen functional groups attached to an aromatic ring is 1. The van der Waals surface area contributed by atoms with E-state index in [2.05, 4.69) is 0 Å². The summed E-state index contributed by atoms with van der Waals surface area (Å²) in [5, 5.41) is 8.88. The minimum atomic E-state index is -4.55. The van der Waals surface area contributed by atoms with Crippen LogP contribution in [0.25, 0.3) is 11.0 Å². The van der Waals surface area contributed by atoms with E-state index in [1.54, 1.807) is 0 Å². The molecule has 0 bridgehead atoms. The summed E-state index contributed by atoms with van der Waals surface area (Å²) in [6.45, 7) is 1.43. The van der Waals surface area contributed by atoms with Gasteiger partial charge in [0.2, 0.25) is 0 Å². The summed E-state index contributed by atoms with van der Waals surface area (Å²) < 4.78 is 36.5. The highest BCUT2D eigenvalue weighted by molar-refractivity contribution is 7.86. The van der Waals surface area contributed by atoms with Crippen LogP contribution in [0.5, 0.6) is 0 Å². The van der Waals surface area contributed by atoms with Crippen LogP contribution in [0.15, 0.2) is 26.2 Å². The fraction of sp³-hybridized carbons (Fsp3) is 0.167. The number of aliphatic carboxylic acids is 1. The predicted molar refractivity (Wildman–Crippen MR) is 72.8 cm³/mol. The first-order valence-corrected chi connectivity index (χ1v) is 7.11. The number of carbonyl (C=O) groups is 1. The number of hydrogen-bond acceptors (Lipinski definition) is 6. The molecule has 21 heavy (non-hydrogen) atoms. The summed E-state index contributed by atoms with van der Waals surface area (Å²) >= 11 is 0. The number of benzene rings is 1. The van der Waals surface area contributed by atoms with Crippen molar-refractivity contribution in [1.29, 1.82) is 0 Å². The topological polar surface area (TPSA) is 148 Å². The van der Waals surface area contributed by atoms with Gasteiger partial charge in [-0.1, -0.05) is 0 Å². The lowest BCUT2D eigenvalue weighted by molar-refractivity contribution is -0.136. The number of rotatable bonds is 3. The minimum absolute atomic E-state index is 0.0107. The SMILES string of the molecule is Cc1c(CC(=O)O)c(=O)oc2ccc(S(=O)(=O)O)c(N)c12. The molecule has 2 aromatic rings. The van der Waals surface area contributed by atoms with Crippen LogP contribution in [0.3, 0.4) is 0 Å². The molecule has 0 aliphatic carbocycles. The second-order valence-corrected chi connectivity index (χ2v) is 5.78. The molecule has 0 saturated heterocycles. The lowest BCUT2D eigenvalue weighted by Crippen LogP contribution is -2.15. The summed E-state index contributed by atoms with van der Waals surface area (Å²) in [4.78, 5) is 22.0. The van der Waals surface area contributed by atoms with E-state index in [0.29, 0.717) is 0 Å². The highest BCUT2D eigenvalue weighted by Gasteiger charge is 2.21. The fourth-order valence-corrected chi connectivity index (χ4v) is 2.72. The monoisotopic (exact) mass is 313 g/mol. The van der Waals surface area contributed by atoms with E-state index in [-0.39, 0.29) is 27.8 Å². The Balaban J connectivity index is 2.93. The summed E-state index contributed by atoms with van der Waals surface area (Å²) in [7, 11) is -4.55. The van der Waals surface area contributed by atoms with E-state index >= 15 is 0 Å². The largest absolute Gasteiger partial charge is 0.481 e. The zero-order valence-electron chi connectivity index (χ0n) is 10.8. The average molecular weight is 313 g/mol. The van der Waals surface area contributed by atoms with Crippen molar-refractivity contribution in [3.05, 3.63) is 33.7 Å². The number of hydrogen-bond donors (Lipinski definition) is 3. The number of fused-ring (bicyclic) bond motifs is 1. The number of carboxylic acid groups (broad SMARTS) is 1. The molecule has 1 aromatic carbocycles. The van der Waals surface area contributed by atoms with Crippen molar-refractivity contribution in [1.82, 2.24) is 0 Å². The van der Waals surface area contributed by atoms with Crippen molar-refractivity contribution in [2.75, 3.05) is 5.73 Å². The maximum atomic E-state index is 11.7. The first-order valence-electron chi connectivity index (χ1n) is 5.67. The third-order valence-corrected chi connectivity index (χ3v) is 3.96. The van der Waals surface area contributed by atoms with Gasteiger partial charge in [0.1, 0.15) is 10.5 Å². The summed E-state index contributed by atoms with van der Waals surface area (Å²) in [5.41, 5.74) is 4.65. The van der Waals surface area contributed by atoms with Gasteiger partial charge in [0, 0.05) is 5.39 Å². The molecule has 1 aromatic heterocycles. The molecule has 0 fully saturated rings. The molecule has 0 unspecified atom stereocenters. The van der Waals surface area contributed by atoms with Crippen molar-refractivity contribution < 1.29 is 27.3 Å².